The molecule has 2 fully saturated rings. The van der Waals surface area contributed by atoms with Gasteiger partial charge in [0.1, 0.15) is 0 Å². The second-order valence-electron chi connectivity index (χ2n) is 9.01. The number of benzene rings is 1. The van der Waals surface area contributed by atoms with E-state index in [-0.39, 0.29) is 17.1 Å². The lowest BCUT2D eigenvalue weighted by Crippen LogP contribution is -2.49. The van der Waals surface area contributed by atoms with Crippen molar-refractivity contribution in [1.29, 1.82) is 0 Å². The molecule has 138 valence electrons. The molecule has 2 heterocycles. The van der Waals surface area contributed by atoms with Crippen LogP contribution in [0.4, 0.5) is 0 Å². The monoisotopic (exact) mass is 471 g/mol. The van der Waals surface area contributed by atoms with Gasteiger partial charge in [0.05, 0.1) is 12.0 Å². The minimum atomic E-state index is -1.80. The van der Waals surface area contributed by atoms with E-state index in [0.717, 1.165) is 24.9 Å². The Balaban J connectivity index is 1.75. The molecule has 1 aromatic carbocycles. The second kappa shape index (κ2) is 6.96. The fourth-order valence-corrected chi connectivity index (χ4v) is 6.30. The predicted octanol–water partition coefficient (Wildman–Crippen LogP) is 4.97. The number of hydrogen-bond donors (Lipinski definition) is 0. The molecule has 4 atom stereocenters. The van der Waals surface area contributed by atoms with Crippen molar-refractivity contribution in [2.24, 2.45) is 0 Å². The molecule has 0 radical (unpaired) electrons. The van der Waals surface area contributed by atoms with Gasteiger partial charge in [0, 0.05) is 16.5 Å². The van der Waals surface area contributed by atoms with Crippen LogP contribution in [0.25, 0.3) is 0 Å². The highest BCUT2D eigenvalue weighted by molar-refractivity contribution is 14.1. The summed E-state index contributed by atoms with van der Waals surface area (Å²) in [7, 11) is -1.80. The number of hydrogen-bond acceptors (Lipinski definition) is 2. The van der Waals surface area contributed by atoms with Crippen molar-refractivity contribution in [2.45, 2.75) is 73.7 Å². The number of carbonyl (C=O) groups is 1. The fourth-order valence-electron chi connectivity index (χ4n) is 3.75. The third kappa shape index (κ3) is 3.83. The normalized spacial score (nSPS) is 30.5. The van der Waals surface area contributed by atoms with Crippen molar-refractivity contribution >= 4 is 36.8 Å². The van der Waals surface area contributed by atoms with E-state index in [0.29, 0.717) is 15.9 Å². The van der Waals surface area contributed by atoms with Gasteiger partial charge in [-0.2, -0.15) is 0 Å². The minimum Gasteiger partial charge on any atom is -0.412 e. The molecule has 25 heavy (non-hydrogen) atoms. The number of amides is 1. The molecule has 2 aliphatic heterocycles. The highest BCUT2D eigenvalue weighted by Gasteiger charge is 2.49. The number of halogens is 1. The second-order valence-corrected chi connectivity index (χ2v) is 15.4. The van der Waals surface area contributed by atoms with E-state index in [2.05, 4.69) is 73.5 Å². The van der Waals surface area contributed by atoms with E-state index < -0.39 is 8.32 Å². The Bertz CT molecular complexity index is 628. The Labute approximate surface area is 166 Å². The summed E-state index contributed by atoms with van der Waals surface area (Å²) in [6.45, 7) is 12.2. The highest BCUT2D eigenvalue weighted by atomic mass is 127. The largest absolute Gasteiger partial charge is 0.412 e. The van der Waals surface area contributed by atoms with Crippen LogP contribution in [0.1, 0.15) is 45.1 Å². The molecule has 0 unspecified atom stereocenters. The Morgan fingerprint density at radius 3 is 2.40 bits per heavy atom. The van der Waals surface area contributed by atoms with Gasteiger partial charge in [-0.1, -0.05) is 73.7 Å². The summed E-state index contributed by atoms with van der Waals surface area (Å²) in [5.74, 6) is 0.302. The van der Waals surface area contributed by atoms with Gasteiger partial charge in [-0.3, -0.25) is 4.79 Å². The average molecular weight is 471 g/mol. The Morgan fingerprint density at radius 1 is 1.16 bits per heavy atom. The lowest BCUT2D eigenvalue weighted by molar-refractivity contribution is -0.136. The molecule has 2 aliphatic rings. The lowest BCUT2D eigenvalue weighted by atomic mass is 9.87. The van der Waals surface area contributed by atoms with E-state index in [4.69, 9.17) is 4.43 Å². The van der Waals surface area contributed by atoms with Crippen LogP contribution >= 0.6 is 22.6 Å². The summed E-state index contributed by atoms with van der Waals surface area (Å²) >= 11 is 2.55. The summed E-state index contributed by atoms with van der Waals surface area (Å²) < 4.78 is 7.13. The molecule has 0 aromatic heterocycles. The van der Waals surface area contributed by atoms with Crippen LogP contribution in [-0.4, -0.2) is 41.7 Å². The molecule has 3 nitrogen and oxygen atoms in total. The first-order chi connectivity index (χ1) is 11.6. The van der Waals surface area contributed by atoms with Crippen LogP contribution in [0.5, 0.6) is 0 Å². The first-order valence-corrected chi connectivity index (χ1v) is 13.4. The van der Waals surface area contributed by atoms with Crippen molar-refractivity contribution < 1.29 is 9.22 Å². The van der Waals surface area contributed by atoms with Gasteiger partial charge in [0.25, 0.3) is 0 Å². The summed E-state index contributed by atoms with van der Waals surface area (Å²) in [6, 6.07) is 10.6. The van der Waals surface area contributed by atoms with Gasteiger partial charge in [-0.05, 0) is 36.5 Å². The van der Waals surface area contributed by atoms with Gasteiger partial charge >= 0.3 is 0 Å². The van der Waals surface area contributed by atoms with Crippen molar-refractivity contribution in [3.63, 3.8) is 0 Å². The zero-order valence-corrected chi connectivity index (χ0v) is 19.1. The van der Waals surface area contributed by atoms with Crippen LogP contribution < -0.4 is 0 Å². The molecule has 0 bridgehead atoms. The first-order valence-electron chi connectivity index (χ1n) is 9.27. The lowest BCUT2D eigenvalue weighted by Gasteiger charge is -2.38. The van der Waals surface area contributed by atoms with Gasteiger partial charge in [0.2, 0.25) is 5.91 Å². The van der Waals surface area contributed by atoms with Gasteiger partial charge in [0.15, 0.2) is 8.32 Å². The molecular formula is C20H30INO2Si. The van der Waals surface area contributed by atoms with E-state index in [1.807, 2.05) is 18.2 Å². The quantitative estimate of drug-likeness (QED) is 0.354. The summed E-state index contributed by atoms with van der Waals surface area (Å²) in [4.78, 5) is 15.3. The Morgan fingerprint density at radius 2 is 1.80 bits per heavy atom. The Kier molecular flexibility index (Phi) is 5.39. The topological polar surface area (TPSA) is 29.5 Å². The third-order valence-electron chi connectivity index (χ3n) is 6.23. The van der Waals surface area contributed by atoms with Gasteiger partial charge in [-0.15, -0.1) is 0 Å². The molecule has 1 aromatic rings. The molecule has 5 heteroatoms. The maximum absolute atomic E-state index is 13.1. The number of fused-ring (bicyclic) bond motifs is 1. The van der Waals surface area contributed by atoms with Crippen molar-refractivity contribution in [1.82, 2.24) is 4.90 Å². The number of nitrogens with zero attached hydrogens (tertiary/aromatic N) is 1. The molecule has 0 N–H and O–H groups in total. The van der Waals surface area contributed by atoms with E-state index in [9.17, 15) is 4.79 Å². The van der Waals surface area contributed by atoms with E-state index in [1.54, 1.807) is 0 Å². The van der Waals surface area contributed by atoms with Gasteiger partial charge in [-0.25, -0.2) is 0 Å². The summed E-state index contributed by atoms with van der Waals surface area (Å²) in [5, 5.41) is 0.205. The number of carbonyl (C=O) groups excluding carboxylic acids is 1. The van der Waals surface area contributed by atoms with E-state index in [1.165, 1.54) is 0 Å². The maximum atomic E-state index is 13.1. The predicted molar refractivity (Wildman–Crippen MR) is 114 cm³/mol. The van der Waals surface area contributed by atoms with Crippen molar-refractivity contribution in [2.75, 3.05) is 6.54 Å². The fraction of sp³-hybridized carbons (Fsp3) is 0.650. The van der Waals surface area contributed by atoms with Gasteiger partial charge < -0.3 is 9.33 Å². The highest BCUT2D eigenvalue weighted by Crippen LogP contribution is 2.43. The maximum Gasteiger partial charge on any atom is 0.230 e. The average Bonchev–Trinajstić information content (AvgIpc) is 2.94. The smallest absolute Gasteiger partial charge is 0.230 e. The molecular weight excluding hydrogens is 441 g/mol. The number of piperidine rings is 1. The van der Waals surface area contributed by atoms with Crippen LogP contribution in [0.2, 0.25) is 18.1 Å². The molecule has 0 saturated carbocycles. The zero-order chi connectivity index (χ0) is 18.4. The summed E-state index contributed by atoms with van der Waals surface area (Å²) in [6.07, 6.45) is 2.13. The van der Waals surface area contributed by atoms with E-state index >= 15 is 0 Å². The van der Waals surface area contributed by atoms with Crippen LogP contribution in [-0.2, 0) is 9.22 Å². The molecule has 1 amide bonds. The number of alkyl halides is 1. The van der Waals surface area contributed by atoms with Crippen LogP contribution in [0.15, 0.2) is 30.3 Å². The zero-order valence-electron chi connectivity index (χ0n) is 16.0. The van der Waals surface area contributed by atoms with Crippen molar-refractivity contribution in [3.8, 4) is 0 Å². The summed E-state index contributed by atoms with van der Waals surface area (Å²) in [5.41, 5.74) is 1.15. The minimum absolute atomic E-state index is 0.00553. The SMILES string of the molecule is CC(C)(C)[Si](C)(C)O[C@@H]1C[C@H]2[C@H](I)C[C@@H](c3ccccc3)C(=O)N2C1. The molecule has 0 aliphatic carbocycles. The van der Waals surface area contributed by atoms with Crippen molar-refractivity contribution in [3.05, 3.63) is 35.9 Å². The standard InChI is InChI=1S/C20H30INO2Si/c1-20(2,3)25(4,5)24-15-11-18-17(21)12-16(19(23)22(18)13-15)14-9-7-6-8-10-14/h6-10,15-18H,11-13H2,1-5H3/t15-,16+,17-,18+/m1/s1. The molecule has 2 saturated heterocycles. The molecule has 3 rings (SSSR count). The number of rotatable bonds is 3. The molecule has 0 spiro atoms. The van der Waals surface area contributed by atoms with Crippen LogP contribution in [0, 0.1) is 0 Å². The third-order valence-corrected chi connectivity index (χ3v) is 12.1. The Hall–Kier alpha value is -0.403. The van der Waals surface area contributed by atoms with Crippen LogP contribution in [0.3, 0.4) is 0 Å². The first kappa shape index (κ1) is 19.4.